The second kappa shape index (κ2) is 2.89. The van der Waals surface area contributed by atoms with E-state index in [1.807, 2.05) is 0 Å². The minimum Gasteiger partial charge on any atom is -0.335 e. The standard InChI is InChI=1S/C10H18N2O/c1-10(2,7-3-4-7)12-9(13)11-8-5-6-8/h7-8H,3-6H2,1-2H3,(H2,11,12,13). The third-order valence-corrected chi connectivity index (χ3v) is 2.95. The van der Waals surface area contributed by atoms with Crippen LogP contribution in [0.5, 0.6) is 0 Å². The first-order chi connectivity index (χ1) is 6.08. The van der Waals surface area contributed by atoms with E-state index in [2.05, 4.69) is 24.5 Å². The molecule has 0 spiro atoms. The highest BCUT2D eigenvalue weighted by Crippen LogP contribution is 2.39. The highest BCUT2D eigenvalue weighted by molar-refractivity contribution is 5.75. The van der Waals surface area contributed by atoms with Gasteiger partial charge in [0.2, 0.25) is 0 Å². The molecule has 2 amide bonds. The molecule has 0 aromatic rings. The number of hydrogen-bond acceptors (Lipinski definition) is 1. The Hall–Kier alpha value is -0.730. The van der Waals surface area contributed by atoms with E-state index in [1.54, 1.807) is 0 Å². The topological polar surface area (TPSA) is 41.1 Å². The summed E-state index contributed by atoms with van der Waals surface area (Å²) in [6, 6.07) is 0.467. The minimum atomic E-state index is -0.0149. The number of carbonyl (C=O) groups is 1. The molecule has 2 aliphatic rings. The van der Waals surface area contributed by atoms with Crippen LogP contribution >= 0.6 is 0 Å². The molecule has 13 heavy (non-hydrogen) atoms. The van der Waals surface area contributed by atoms with Gasteiger partial charge in [0, 0.05) is 11.6 Å². The largest absolute Gasteiger partial charge is 0.335 e. The van der Waals surface area contributed by atoms with Gasteiger partial charge in [0.15, 0.2) is 0 Å². The van der Waals surface area contributed by atoms with E-state index in [9.17, 15) is 4.79 Å². The Bertz CT molecular complexity index is 217. The second-order valence-corrected chi connectivity index (χ2v) is 4.87. The molecule has 3 heteroatoms. The number of rotatable bonds is 3. The summed E-state index contributed by atoms with van der Waals surface area (Å²) in [5, 5.41) is 5.98. The lowest BCUT2D eigenvalue weighted by Gasteiger charge is -2.26. The third kappa shape index (κ3) is 2.36. The Kier molecular flexibility index (Phi) is 1.97. The van der Waals surface area contributed by atoms with Gasteiger partial charge in [-0.3, -0.25) is 0 Å². The van der Waals surface area contributed by atoms with Crippen LogP contribution in [0, 0.1) is 5.92 Å². The van der Waals surface area contributed by atoms with Crippen molar-refractivity contribution in [3.8, 4) is 0 Å². The van der Waals surface area contributed by atoms with Gasteiger partial charge in [-0.15, -0.1) is 0 Å². The van der Waals surface area contributed by atoms with Gasteiger partial charge in [-0.2, -0.15) is 0 Å². The Morgan fingerprint density at radius 2 is 1.85 bits per heavy atom. The van der Waals surface area contributed by atoms with Crippen LogP contribution in [0.2, 0.25) is 0 Å². The van der Waals surface area contributed by atoms with Crippen LogP contribution in [0.1, 0.15) is 39.5 Å². The summed E-state index contributed by atoms with van der Waals surface area (Å²) in [6.07, 6.45) is 4.82. The van der Waals surface area contributed by atoms with E-state index in [-0.39, 0.29) is 11.6 Å². The quantitative estimate of drug-likeness (QED) is 0.684. The van der Waals surface area contributed by atoms with Crippen molar-refractivity contribution in [2.75, 3.05) is 0 Å². The minimum absolute atomic E-state index is 0.0133. The lowest BCUT2D eigenvalue weighted by Crippen LogP contribution is -2.50. The predicted molar refractivity (Wildman–Crippen MR) is 51.5 cm³/mol. The SMILES string of the molecule is CC(C)(NC(=O)NC1CC1)C1CC1. The smallest absolute Gasteiger partial charge is 0.315 e. The maximum atomic E-state index is 11.4. The molecule has 2 fully saturated rings. The van der Waals surface area contributed by atoms with Crippen LogP contribution in [-0.4, -0.2) is 17.6 Å². The van der Waals surface area contributed by atoms with Gasteiger partial charge >= 0.3 is 6.03 Å². The maximum Gasteiger partial charge on any atom is 0.315 e. The van der Waals surface area contributed by atoms with Crippen LogP contribution in [0.15, 0.2) is 0 Å². The van der Waals surface area contributed by atoms with E-state index < -0.39 is 0 Å². The van der Waals surface area contributed by atoms with Gasteiger partial charge < -0.3 is 10.6 Å². The van der Waals surface area contributed by atoms with E-state index in [0.717, 1.165) is 12.8 Å². The van der Waals surface area contributed by atoms with Crippen molar-refractivity contribution < 1.29 is 4.79 Å². The number of carbonyl (C=O) groups excluding carboxylic acids is 1. The molecule has 3 nitrogen and oxygen atoms in total. The van der Waals surface area contributed by atoms with E-state index in [0.29, 0.717) is 12.0 Å². The highest BCUT2D eigenvalue weighted by Gasteiger charge is 2.39. The number of nitrogens with one attached hydrogen (secondary N) is 2. The van der Waals surface area contributed by atoms with Crippen molar-refractivity contribution in [3.05, 3.63) is 0 Å². The van der Waals surface area contributed by atoms with Crippen molar-refractivity contribution in [1.82, 2.24) is 10.6 Å². The molecule has 0 aliphatic heterocycles. The zero-order valence-corrected chi connectivity index (χ0v) is 8.39. The monoisotopic (exact) mass is 182 g/mol. The molecule has 74 valence electrons. The molecule has 2 N–H and O–H groups in total. The summed E-state index contributed by atoms with van der Waals surface area (Å²) < 4.78 is 0. The Morgan fingerprint density at radius 1 is 1.23 bits per heavy atom. The summed E-state index contributed by atoms with van der Waals surface area (Å²) in [7, 11) is 0. The van der Waals surface area contributed by atoms with Crippen LogP contribution in [0.4, 0.5) is 4.79 Å². The summed E-state index contributed by atoms with van der Waals surface area (Å²) in [4.78, 5) is 11.4. The van der Waals surface area contributed by atoms with Crippen LogP contribution in [-0.2, 0) is 0 Å². The average molecular weight is 182 g/mol. The molecule has 0 heterocycles. The van der Waals surface area contributed by atoms with E-state index in [4.69, 9.17) is 0 Å². The highest BCUT2D eigenvalue weighted by atomic mass is 16.2. The number of urea groups is 1. The molecule has 0 aromatic heterocycles. The molecule has 0 atom stereocenters. The van der Waals surface area contributed by atoms with Crippen LogP contribution < -0.4 is 10.6 Å². The fourth-order valence-corrected chi connectivity index (χ4v) is 1.65. The summed E-state index contributed by atoms with van der Waals surface area (Å²) in [5.74, 6) is 0.692. The molecule has 2 aliphatic carbocycles. The lowest BCUT2D eigenvalue weighted by atomic mass is 9.99. The van der Waals surface area contributed by atoms with Crippen molar-refractivity contribution >= 4 is 6.03 Å². The molecule has 0 unspecified atom stereocenters. The van der Waals surface area contributed by atoms with Crippen LogP contribution in [0.25, 0.3) is 0 Å². The van der Waals surface area contributed by atoms with Gasteiger partial charge in [0.1, 0.15) is 0 Å². The molecule has 0 saturated heterocycles. The lowest BCUT2D eigenvalue weighted by molar-refractivity contribution is 0.225. The predicted octanol–water partition coefficient (Wildman–Crippen LogP) is 1.64. The van der Waals surface area contributed by atoms with Gasteiger partial charge in [-0.05, 0) is 45.4 Å². The Morgan fingerprint density at radius 3 is 2.31 bits per heavy atom. The first kappa shape index (κ1) is 8.85. The average Bonchev–Trinajstić information content (AvgIpc) is 2.81. The van der Waals surface area contributed by atoms with Gasteiger partial charge in [-0.25, -0.2) is 4.79 Å². The van der Waals surface area contributed by atoms with Gasteiger partial charge in [0.05, 0.1) is 0 Å². The normalized spacial score (nSPS) is 22.6. The zero-order valence-electron chi connectivity index (χ0n) is 8.39. The zero-order chi connectivity index (χ0) is 9.47. The van der Waals surface area contributed by atoms with Crippen molar-refractivity contribution in [1.29, 1.82) is 0 Å². The summed E-state index contributed by atoms with van der Waals surface area (Å²) in [6.45, 7) is 4.22. The maximum absolute atomic E-state index is 11.4. The molecule has 2 rings (SSSR count). The van der Waals surface area contributed by atoms with Crippen molar-refractivity contribution in [2.24, 2.45) is 5.92 Å². The van der Waals surface area contributed by atoms with E-state index in [1.165, 1.54) is 12.8 Å². The van der Waals surface area contributed by atoms with Crippen LogP contribution in [0.3, 0.4) is 0 Å². The number of hydrogen-bond donors (Lipinski definition) is 2. The first-order valence-corrected chi connectivity index (χ1v) is 5.16. The molecule has 0 bridgehead atoms. The second-order valence-electron chi connectivity index (χ2n) is 4.87. The molecular formula is C10H18N2O. The fraction of sp³-hybridized carbons (Fsp3) is 0.900. The molecule has 0 aromatic carbocycles. The molecule has 2 saturated carbocycles. The van der Waals surface area contributed by atoms with Gasteiger partial charge in [-0.1, -0.05) is 0 Å². The summed E-state index contributed by atoms with van der Waals surface area (Å²) >= 11 is 0. The van der Waals surface area contributed by atoms with Gasteiger partial charge in [0.25, 0.3) is 0 Å². The van der Waals surface area contributed by atoms with Crippen molar-refractivity contribution in [3.63, 3.8) is 0 Å². The Balaban J connectivity index is 1.77. The van der Waals surface area contributed by atoms with E-state index >= 15 is 0 Å². The molecule has 0 radical (unpaired) electrons. The molecular weight excluding hydrogens is 164 g/mol. The third-order valence-electron chi connectivity index (χ3n) is 2.95. The first-order valence-electron chi connectivity index (χ1n) is 5.16. The van der Waals surface area contributed by atoms with Crippen molar-refractivity contribution in [2.45, 2.75) is 51.1 Å². The summed E-state index contributed by atoms with van der Waals surface area (Å²) in [5.41, 5.74) is -0.0149. The number of amides is 2. The Labute approximate surface area is 79.3 Å². The fourth-order valence-electron chi connectivity index (χ4n) is 1.65.